The second-order valence-corrected chi connectivity index (χ2v) is 10.5. The van der Waals surface area contributed by atoms with Gasteiger partial charge in [0.05, 0.1) is 10.6 Å². The number of nitrogens with one attached hydrogen (secondary N) is 1. The molecule has 24 heavy (non-hydrogen) atoms. The fourth-order valence-electron chi connectivity index (χ4n) is 2.02. The van der Waals surface area contributed by atoms with Gasteiger partial charge in [-0.05, 0) is 37.0 Å². The normalized spacial score (nSPS) is 11.9. The van der Waals surface area contributed by atoms with Crippen molar-refractivity contribution in [3.8, 4) is 0 Å². The highest BCUT2D eigenvalue weighted by molar-refractivity contribution is 8.02. The molecule has 0 aliphatic carbocycles. The molecule has 0 radical (unpaired) electrons. The van der Waals surface area contributed by atoms with Crippen molar-refractivity contribution in [2.75, 3.05) is 23.4 Å². The molecule has 1 aromatic heterocycles. The van der Waals surface area contributed by atoms with Crippen LogP contribution < -0.4 is 5.32 Å². The first-order valence-corrected chi connectivity index (χ1v) is 11.2. The predicted octanol–water partition coefficient (Wildman–Crippen LogP) is 3.79. The maximum atomic E-state index is 12.5. The molecule has 0 amide bonds. The van der Waals surface area contributed by atoms with E-state index >= 15 is 0 Å². The van der Waals surface area contributed by atoms with Crippen LogP contribution in [0.4, 0.5) is 5.13 Å². The van der Waals surface area contributed by atoms with E-state index < -0.39 is 9.84 Å². The molecule has 1 aromatic carbocycles. The maximum Gasteiger partial charge on any atom is 0.206 e. The van der Waals surface area contributed by atoms with Crippen molar-refractivity contribution in [1.29, 1.82) is 0 Å². The number of sulfone groups is 1. The molecule has 1 N–H and O–H groups in total. The van der Waals surface area contributed by atoms with E-state index in [-0.39, 0.29) is 5.75 Å². The second-order valence-electron chi connectivity index (χ2n) is 6.08. The maximum absolute atomic E-state index is 12.5. The molecule has 0 saturated heterocycles. The Morgan fingerprint density at radius 2 is 2.00 bits per heavy atom. The largest absolute Gasteiger partial charge is 0.360 e. The van der Waals surface area contributed by atoms with Gasteiger partial charge < -0.3 is 5.32 Å². The van der Waals surface area contributed by atoms with Gasteiger partial charge in [0.2, 0.25) is 5.13 Å². The Kier molecular flexibility index (Phi) is 6.65. The summed E-state index contributed by atoms with van der Waals surface area (Å²) in [5, 5.41) is 12.2. The Morgan fingerprint density at radius 1 is 1.25 bits per heavy atom. The minimum absolute atomic E-state index is 0.0935. The second kappa shape index (κ2) is 8.31. The molecular weight excluding hydrogens is 362 g/mol. The van der Waals surface area contributed by atoms with E-state index in [0.29, 0.717) is 16.6 Å². The number of anilines is 1. The third-order valence-corrected chi connectivity index (χ3v) is 7.45. The van der Waals surface area contributed by atoms with E-state index in [1.54, 1.807) is 6.07 Å². The highest BCUT2D eigenvalue weighted by atomic mass is 32.2. The van der Waals surface area contributed by atoms with Gasteiger partial charge in [0.15, 0.2) is 14.2 Å². The first kappa shape index (κ1) is 19.2. The van der Waals surface area contributed by atoms with Crippen molar-refractivity contribution in [1.82, 2.24) is 10.2 Å². The molecule has 2 rings (SSSR count). The van der Waals surface area contributed by atoms with Crippen LogP contribution in [0.5, 0.6) is 0 Å². The molecule has 0 saturated carbocycles. The van der Waals surface area contributed by atoms with E-state index in [2.05, 4.69) is 29.4 Å². The molecular formula is C16H23N3O2S3. The minimum Gasteiger partial charge on any atom is -0.360 e. The third kappa shape index (κ3) is 5.46. The van der Waals surface area contributed by atoms with Crippen LogP contribution in [0.15, 0.2) is 27.4 Å². The van der Waals surface area contributed by atoms with Gasteiger partial charge in [-0.3, -0.25) is 0 Å². The van der Waals surface area contributed by atoms with Gasteiger partial charge in [-0.15, -0.1) is 10.2 Å². The van der Waals surface area contributed by atoms with Gasteiger partial charge in [-0.1, -0.05) is 49.1 Å². The molecule has 0 atom stereocenters. The fraction of sp³-hybridized carbons (Fsp3) is 0.500. The molecule has 132 valence electrons. The van der Waals surface area contributed by atoms with Crippen LogP contribution in [0.2, 0.25) is 0 Å². The van der Waals surface area contributed by atoms with E-state index in [1.807, 2.05) is 26.0 Å². The van der Waals surface area contributed by atoms with E-state index in [9.17, 15) is 8.42 Å². The Morgan fingerprint density at radius 3 is 2.71 bits per heavy atom. The van der Waals surface area contributed by atoms with Gasteiger partial charge in [-0.25, -0.2) is 8.42 Å². The van der Waals surface area contributed by atoms with Crippen molar-refractivity contribution in [2.24, 2.45) is 5.92 Å². The van der Waals surface area contributed by atoms with Gasteiger partial charge in [0.25, 0.3) is 0 Å². The molecule has 0 aliphatic heterocycles. The lowest BCUT2D eigenvalue weighted by atomic mass is 10.2. The summed E-state index contributed by atoms with van der Waals surface area (Å²) in [4.78, 5) is 0.430. The number of aromatic nitrogens is 2. The fourth-order valence-corrected chi connectivity index (χ4v) is 5.86. The van der Waals surface area contributed by atoms with Crippen molar-refractivity contribution >= 4 is 38.1 Å². The van der Waals surface area contributed by atoms with E-state index in [1.165, 1.54) is 23.1 Å². The van der Waals surface area contributed by atoms with Crippen molar-refractivity contribution in [3.05, 3.63) is 29.3 Å². The monoisotopic (exact) mass is 385 g/mol. The lowest BCUT2D eigenvalue weighted by molar-refractivity contribution is 0.597. The summed E-state index contributed by atoms with van der Waals surface area (Å²) in [5.74, 6) is 1.10. The van der Waals surface area contributed by atoms with Gasteiger partial charge in [-0.2, -0.15) is 0 Å². The van der Waals surface area contributed by atoms with Gasteiger partial charge in [0, 0.05) is 12.3 Å². The molecule has 8 heteroatoms. The van der Waals surface area contributed by atoms with Crippen LogP contribution >= 0.6 is 23.1 Å². The summed E-state index contributed by atoms with van der Waals surface area (Å²) in [6.45, 7) is 8.83. The quantitative estimate of drug-likeness (QED) is 0.697. The first-order valence-electron chi connectivity index (χ1n) is 7.78. The summed E-state index contributed by atoms with van der Waals surface area (Å²) in [7, 11) is -3.28. The number of thioether (sulfide) groups is 1. The van der Waals surface area contributed by atoms with Crippen LogP contribution in [0.3, 0.4) is 0 Å². The van der Waals surface area contributed by atoms with Crippen molar-refractivity contribution in [3.63, 3.8) is 0 Å². The number of aryl methyl sites for hydroxylation is 2. The van der Waals surface area contributed by atoms with Crippen LogP contribution in [-0.4, -0.2) is 36.7 Å². The van der Waals surface area contributed by atoms with Crippen molar-refractivity contribution in [2.45, 2.75) is 36.9 Å². The molecule has 0 unspecified atom stereocenters. The molecule has 2 aromatic rings. The number of hydrogen-bond donors (Lipinski definition) is 1. The molecule has 0 fully saturated rings. The Hall–Kier alpha value is -1.12. The Balaban J connectivity index is 1.92. The van der Waals surface area contributed by atoms with Crippen LogP contribution in [-0.2, 0) is 9.84 Å². The standard InChI is InChI=1S/C16H23N3O2S3/c1-11(2)10-17-15-18-19-16(23-15)22-7-8-24(20,21)14-9-12(3)5-6-13(14)4/h5-6,9,11H,7-8,10H2,1-4H3,(H,17,18). The highest BCUT2D eigenvalue weighted by Gasteiger charge is 2.17. The molecule has 0 spiro atoms. The highest BCUT2D eigenvalue weighted by Crippen LogP contribution is 2.27. The number of benzene rings is 1. The summed E-state index contributed by atoms with van der Waals surface area (Å²) < 4.78 is 25.8. The Labute approximate surface area is 152 Å². The summed E-state index contributed by atoms with van der Waals surface area (Å²) in [5.41, 5.74) is 1.75. The van der Waals surface area contributed by atoms with Crippen LogP contribution in [0.25, 0.3) is 0 Å². The average Bonchev–Trinajstić information content (AvgIpc) is 2.95. The molecule has 1 heterocycles. The zero-order valence-corrected chi connectivity index (χ0v) is 16.8. The predicted molar refractivity (Wildman–Crippen MR) is 102 cm³/mol. The molecule has 5 nitrogen and oxygen atoms in total. The van der Waals surface area contributed by atoms with Crippen molar-refractivity contribution < 1.29 is 8.42 Å². The third-order valence-electron chi connectivity index (χ3n) is 3.32. The topological polar surface area (TPSA) is 72.0 Å². The van der Waals surface area contributed by atoms with E-state index in [4.69, 9.17) is 0 Å². The number of hydrogen-bond acceptors (Lipinski definition) is 7. The SMILES string of the molecule is Cc1ccc(C)c(S(=O)(=O)CCSc2nnc(NCC(C)C)s2)c1. The smallest absolute Gasteiger partial charge is 0.206 e. The van der Waals surface area contributed by atoms with Crippen LogP contribution in [0.1, 0.15) is 25.0 Å². The average molecular weight is 386 g/mol. The lowest BCUT2D eigenvalue weighted by Gasteiger charge is -2.08. The van der Waals surface area contributed by atoms with Gasteiger partial charge >= 0.3 is 0 Å². The first-order chi connectivity index (χ1) is 11.3. The molecule has 0 bridgehead atoms. The number of nitrogens with zero attached hydrogens (tertiary/aromatic N) is 2. The number of rotatable bonds is 8. The zero-order chi connectivity index (χ0) is 17.7. The summed E-state index contributed by atoms with van der Waals surface area (Å²) in [6, 6.07) is 5.52. The van der Waals surface area contributed by atoms with E-state index in [0.717, 1.165) is 27.1 Å². The van der Waals surface area contributed by atoms with Crippen LogP contribution in [0, 0.1) is 19.8 Å². The zero-order valence-electron chi connectivity index (χ0n) is 14.4. The lowest BCUT2D eigenvalue weighted by Crippen LogP contribution is -2.10. The Bertz CT molecular complexity index is 786. The summed E-state index contributed by atoms with van der Waals surface area (Å²) in [6.07, 6.45) is 0. The minimum atomic E-state index is -3.28. The van der Waals surface area contributed by atoms with Gasteiger partial charge in [0.1, 0.15) is 0 Å². The molecule has 0 aliphatic rings. The summed E-state index contributed by atoms with van der Waals surface area (Å²) >= 11 is 2.89.